The number of nitrogens with zero attached hydrogens (tertiary/aromatic N) is 2. The van der Waals surface area contributed by atoms with E-state index in [1.165, 1.54) is 22.9 Å². The van der Waals surface area contributed by atoms with Crippen molar-refractivity contribution < 1.29 is 9.50 Å². The van der Waals surface area contributed by atoms with Crippen molar-refractivity contribution in [2.75, 3.05) is 0 Å². The Bertz CT molecular complexity index is 1320. The summed E-state index contributed by atoms with van der Waals surface area (Å²) >= 11 is 0. The van der Waals surface area contributed by atoms with Crippen LogP contribution >= 0.6 is 0 Å². The van der Waals surface area contributed by atoms with Crippen molar-refractivity contribution in [1.82, 2.24) is 4.57 Å². The number of aliphatic imine (C=N–C) groups is 1. The maximum absolute atomic E-state index is 13.5. The summed E-state index contributed by atoms with van der Waals surface area (Å²) < 4.78 is 14.7. The molecule has 0 saturated carbocycles. The van der Waals surface area contributed by atoms with Gasteiger partial charge in [0.2, 0.25) is 5.88 Å². The van der Waals surface area contributed by atoms with E-state index in [-0.39, 0.29) is 11.4 Å². The fourth-order valence-corrected chi connectivity index (χ4v) is 3.29. The summed E-state index contributed by atoms with van der Waals surface area (Å²) in [7, 11) is 0. The zero-order chi connectivity index (χ0) is 20.5. The molecule has 0 atom stereocenters. The second-order valence-electron chi connectivity index (χ2n) is 6.93. The Kier molecular flexibility index (Phi) is 4.72. The lowest BCUT2D eigenvalue weighted by atomic mass is 10.1. The highest BCUT2D eigenvalue weighted by Crippen LogP contribution is 2.27. The van der Waals surface area contributed by atoms with Crippen LogP contribution in [-0.4, -0.2) is 15.9 Å². The van der Waals surface area contributed by atoms with E-state index < -0.39 is 5.82 Å². The van der Waals surface area contributed by atoms with Crippen LogP contribution in [0, 0.1) is 19.7 Å². The third-order valence-corrected chi connectivity index (χ3v) is 5.00. The number of benzene rings is 3. The Balaban J connectivity index is 1.98. The number of aryl methyl sites for hydroxylation is 2. The Morgan fingerprint density at radius 2 is 1.69 bits per heavy atom. The van der Waals surface area contributed by atoms with Gasteiger partial charge in [-0.3, -0.25) is 9.79 Å². The molecule has 144 valence electrons. The normalized spacial score (nSPS) is 11.4. The third kappa shape index (κ3) is 3.43. The predicted octanol–water partition coefficient (Wildman–Crippen LogP) is 5.20. The second kappa shape index (κ2) is 7.36. The first-order chi connectivity index (χ1) is 14.0. The first-order valence-corrected chi connectivity index (χ1v) is 9.19. The number of aromatic nitrogens is 1. The Morgan fingerprint density at radius 1 is 0.931 bits per heavy atom. The van der Waals surface area contributed by atoms with Crippen molar-refractivity contribution in [3.8, 4) is 11.6 Å². The minimum absolute atomic E-state index is 0.211. The summed E-state index contributed by atoms with van der Waals surface area (Å²) in [6, 6.07) is 18.5. The maximum atomic E-state index is 13.5. The molecule has 3 aromatic carbocycles. The van der Waals surface area contributed by atoms with Crippen LogP contribution in [-0.2, 0) is 0 Å². The van der Waals surface area contributed by atoms with Crippen LogP contribution in [0.5, 0.6) is 5.88 Å². The van der Waals surface area contributed by atoms with Gasteiger partial charge in [-0.05, 0) is 61.4 Å². The predicted molar refractivity (Wildman–Crippen MR) is 114 cm³/mol. The molecule has 29 heavy (non-hydrogen) atoms. The topological polar surface area (TPSA) is 54.6 Å². The zero-order valence-electron chi connectivity index (χ0n) is 16.1. The highest BCUT2D eigenvalue weighted by atomic mass is 19.1. The SMILES string of the molecule is Cc1ccc(-n2c(O)c(C=Nc3cccc(F)c3)c3ccccc3c2=O)cc1C. The summed E-state index contributed by atoms with van der Waals surface area (Å²) in [4.78, 5) is 17.4. The van der Waals surface area contributed by atoms with E-state index in [0.29, 0.717) is 27.7 Å². The van der Waals surface area contributed by atoms with Gasteiger partial charge in [-0.2, -0.15) is 0 Å². The molecule has 1 N–H and O–H groups in total. The number of pyridine rings is 1. The summed E-state index contributed by atoms with van der Waals surface area (Å²) in [6.45, 7) is 3.94. The molecule has 0 amide bonds. The molecule has 5 heteroatoms. The number of rotatable bonds is 3. The number of fused-ring (bicyclic) bond motifs is 1. The van der Waals surface area contributed by atoms with E-state index in [1.807, 2.05) is 26.0 Å². The molecule has 0 unspecified atom stereocenters. The van der Waals surface area contributed by atoms with E-state index >= 15 is 0 Å². The fraction of sp³-hybridized carbons (Fsp3) is 0.0833. The van der Waals surface area contributed by atoms with Crippen LogP contribution in [0.1, 0.15) is 16.7 Å². The lowest BCUT2D eigenvalue weighted by Crippen LogP contribution is -2.20. The Morgan fingerprint density at radius 3 is 2.41 bits per heavy atom. The molecule has 4 aromatic rings. The van der Waals surface area contributed by atoms with Crippen molar-refractivity contribution in [1.29, 1.82) is 0 Å². The Labute approximate surface area is 167 Å². The van der Waals surface area contributed by atoms with Crippen molar-refractivity contribution in [3.05, 3.63) is 99.6 Å². The van der Waals surface area contributed by atoms with Crippen LogP contribution in [0.25, 0.3) is 16.5 Å². The number of aromatic hydroxyl groups is 1. The van der Waals surface area contributed by atoms with E-state index in [2.05, 4.69) is 4.99 Å². The molecule has 0 bridgehead atoms. The molecule has 0 radical (unpaired) electrons. The van der Waals surface area contributed by atoms with Crippen molar-refractivity contribution >= 4 is 22.7 Å². The van der Waals surface area contributed by atoms with Crippen LogP contribution in [0.3, 0.4) is 0 Å². The molecule has 0 aliphatic carbocycles. The molecule has 0 fully saturated rings. The molecule has 4 nitrogen and oxygen atoms in total. The smallest absolute Gasteiger partial charge is 0.265 e. The van der Waals surface area contributed by atoms with Gasteiger partial charge in [0.15, 0.2) is 0 Å². The van der Waals surface area contributed by atoms with Gasteiger partial charge in [-0.15, -0.1) is 0 Å². The van der Waals surface area contributed by atoms with Crippen LogP contribution in [0.15, 0.2) is 76.5 Å². The van der Waals surface area contributed by atoms with Gasteiger partial charge in [0.1, 0.15) is 5.82 Å². The molecule has 0 spiro atoms. The largest absolute Gasteiger partial charge is 0.494 e. The highest BCUT2D eigenvalue weighted by molar-refractivity contribution is 6.02. The van der Waals surface area contributed by atoms with Crippen LogP contribution in [0.4, 0.5) is 10.1 Å². The van der Waals surface area contributed by atoms with E-state index in [9.17, 15) is 14.3 Å². The minimum Gasteiger partial charge on any atom is -0.494 e. The summed E-state index contributed by atoms with van der Waals surface area (Å²) in [5.41, 5.74) is 3.16. The first-order valence-electron chi connectivity index (χ1n) is 9.19. The molecule has 0 saturated heterocycles. The summed E-state index contributed by atoms with van der Waals surface area (Å²) in [5, 5.41) is 12.1. The van der Waals surface area contributed by atoms with Gasteiger partial charge >= 0.3 is 0 Å². The summed E-state index contributed by atoms with van der Waals surface area (Å²) in [5.74, 6) is -0.606. The van der Waals surface area contributed by atoms with Crippen LogP contribution < -0.4 is 5.56 Å². The first kappa shape index (κ1) is 18.6. The molecule has 0 aliphatic heterocycles. The van der Waals surface area contributed by atoms with Crippen molar-refractivity contribution in [2.45, 2.75) is 13.8 Å². The lowest BCUT2D eigenvalue weighted by molar-refractivity contribution is 0.436. The lowest BCUT2D eigenvalue weighted by Gasteiger charge is -2.14. The van der Waals surface area contributed by atoms with E-state index in [1.54, 1.807) is 42.5 Å². The van der Waals surface area contributed by atoms with Gasteiger partial charge in [0, 0.05) is 17.0 Å². The van der Waals surface area contributed by atoms with E-state index in [4.69, 9.17) is 0 Å². The van der Waals surface area contributed by atoms with Crippen LogP contribution in [0.2, 0.25) is 0 Å². The maximum Gasteiger partial charge on any atom is 0.265 e. The van der Waals surface area contributed by atoms with Gasteiger partial charge < -0.3 is 5.11 Å². The van der Waals surface area contributed by atoms with Gasteiger partial charge in [0.05, 0.1) is 16.9 Å². The highest BCUT2D eigenvalue weighted by Gasteiger charge is 2.16. The number of halogens is 1. The van der Waals surface area contributed by atoms with Crippen molar-refractivity contribution in [3.63, 3.8) is 0 Å². The number of hydrogen-bond donors (Lipinski definition) is 1. The average Bonchev–Trinajstić information content (AvgIpc) is 2.71. The molecule has 0 aliphatic rings. The monoisotopic (exact) mass is 386 g/mol. The number of hydrogen-bond acceptors (Lipinski definition) is 3. The van der Waals surface area contributed by atoms with Crippen molar-refractivity contribution in [2.24, 2.45) is 4.99 Å². The zero-order valence-corrected chi connectivity index (χ0v) is 16.1. The fourth-order valence-electron chi connectivity index (χ4n) is 3.29. The van der Waals surface area contributed by atoms with Gasteiger partial charge in [-0.1, -0.05) is 30.3 Å². The Hall–Kier alpha value is -3.73. The van der Waals surface area contributed by atoms with Gasteiger partial charge in [0.25, 0.3) is 5.56 Å². The standard InChI is InChI=1S/C24H19FN2O2/c1-15-10-11-19(12-16(15)2)27-23(28)21-9-4-3-8-20(21)22(24(27)29)14-26-18-7-5-6-17(25)13-18/h3-14,29H,1-2H3. The molecule has 1 heterocycles. The molecule has 4 rings (SSSR count). The van der Waals surface area contributed by atoms with E-state index in [0.717, 1.165) is 11.1 Å². The second-order valence-corrected chi connectivity index (χ2v) is 6.93. The minimum atomic E-state index is -0.395. The average molecular weight is 386 g/mol. The molecular weight excluding hydrogens is 367 g/mol. The molecule has 1 aromatic heterocycles. The third-order valence-electron chi connectivity index (χ3n) is 5.00. The quantitative estimate of drug-likeness (QED) is 0.492. The molecular formula is C24H19FN2O2. The summed E-state index contributed by atoms with van der Waals surface area (Å²) in [6.07, 6.45) is 1.46. The van der Waals surface area contributed by atoms with Gasteiger partial charge in [-0.25, -0.2) is 8.96 Å².